The molecule has 13 heteroatoms. The van der Waals surface area contributed by atoms with Crippen LogP contribution in [0.3, 0.4) is 0 Å². The molecule has 0 spiro atoms. The fourth-order valence-corrected chi connectivity index (χ4v) is 6.73. The fraction of sp³-hybridized carbons (Fsp3) is 0.350. The minimum Gasteiger partial charge on any atom is -0.594 e. The zero-order valence-electron chi connectivity index (χ0n) is 17.5. The first-order valence-electron chi connectivity index (χ1n) is 9.95. The number of carboxylic acids is 1. The van der Waals surface area contributed by atoms with Gasteiger partial charge in [-0.25, -0.2) is 4.79 Å². The zero-order valence-corrected chi connectivity index (χ0v) is 20.0. The molecule has 10 nitrogen and oxygen atoms in total. The Hall–Kier alpha value is -2.61. The van der Waals surface area contributed by atoms with Gasteiger partial charge in [-0.15, -0.1) is 23.1 Å². The Bertz CT molecular complexity index is 1150. The molecule has 1 saturated heterocycles. The molecule has 0 saturated carbocycles. The number of carboxylic acid groups (broad SMARTS) is 1. The number of carbonyl (C=O) groups is 3. The molecule has 0 bridgehead atoms. The third-order valence-electron chi connectivity index (χ3n) is 5.17. The van der Waals surface area contributed by atoms with Gasteiger partial charge in [0.25, 0.3) is 5.91 Å². The highest BCUT2D eigenvalue weighted by Gasteiger charge is 2.54. The SMILES string of the molecule is Cc1ccc(SCC2=C(C(=O)O)N3C(=O)[C@@H](NC(=O)Cc4ccc(CN)s4)[C@H]3SC2)n[n+]1[O-]. The third kappa shape index (κ3) is 4.86. The van der Waals surface area contributed by atoms with Gasteiger partial charge in [-0.2, -0.15) is 0 Å². The van der Waals surface area contributed by atoms with Gasteiger partial charge in [0.1, 0.15) is 17.1 Å². The van der Waals surface area contributed by atoms with Crippen molar-refractivity contribution in [2.75, 3.05) is 11.5 Å². The predicted molar refractivity (Wildman–Crippen MR) is 124 cm³/mol. The van der Waals surface area contributed by atoms with Crippen molar-refractivity contribution in [1.29, 1.82) is 0 Å². The zero-order chi connectivity index (χ0) is 23.7. The van der Waals surface area contributed by atoms with Gasteiger partial charge in [0.15, 0.2) is 5.03 Å². The standard InChI is InChI=1S/C20H21N5O5S3/c1-10-2-5-15(23-25(10)30)31-8-11-9-32-19-16(18(27)24(19)17(11)20(28)29)22-14(26)6-12-3-4-13(7-21)33-12/h2-5,16,19H,6-9,21H2,1H3,(H,22,26)(H,28,29)/t16-,19-/m1/s1. The molecule has 0 aromatic carbocycles. The maximum atomic E-state index is 12.8. The number of nitrogens with zero attached hydrogens (tertiary/aromatic N) is 3. The van der Waals surface area contributed by atoms with E-state index in [1.807, 2.05) is 12.1 Å². The Balaban J connectivity index is 1.42. The lowest BCUT2D eigenvalue weighted by Gasteiger charge is -2.49. The first-order chi connectivity index (χ1) is 15.8. The maximum absolute atomic E-state index is 12.8. The van der Waals surface area contributed by atoms with Crippen molar-refractivity contribution in [3.8, 4) is 0 Å². The van der Waals surface area contributed by atoms with E-state index in [2.05, 4.69) is 10.4 Å². The maximum Gasteiger partial charge on any atom is 0.352 e. The second-order valence-corrected chi connectivity index (χ2v) is 10.8. The molecule has 0 radical (unpaired) electrons. The number of amides is 2. The molecule has 2 aromatic rings. The first-order valence-corrected chi connectivity index (χ1v) is 12.8. The largest absolute Gasteiger partial charge is 0.594 e. The van der Waals surface area contributed by atoms with Crippen molar-refractivity contribution in [3.05, 3.63) is 56.2 Å². The molecule has 1 fully saturated rings. The summed E-state index contributed by atoms with van der Waals surface area (Å²) >= 11 is 4.09. The van der Waals surface area contributed by atoms with Gasteiger partial charge in [0, 0.05) is 45.9 Å². The van der Waals surface area contributed by atoms with E-state index in [1.165, 1.54) is 39.8 Å². The average molecular weight is 508 g/mol. The average Bonchev–Trinajstić information content (AvgIpc) is 3.24. The summed E-state index contributed by atoms with van der Waals surface area (Å²) in [7, 11) is 0. The van der Waals surface area contributed by atoms with Crippen molar-refractivity contribution in [1.82, 2.24) is 15.3 Å². The fourth-order valence-electron chi connectivity index (χ4n) is 3.50. The Morgan fingerprint density at radius 3 is 2.79 bits per heavy atom. The van der Waals surface area contributed by atoms with Crippen LogP contribution in [-0.2, 0) is 27.3 Å². The van der Waals surface area contributed by atoms with Crippen LogP contribution in [0.4, 0.5) is 0 Å². The number of carbonyl (C=O) groups excluding carboxylic acids is 2. The number of thioether (sulfide) groups is 2. The normalized spacial score (nSPS) is 19.8. The Morgan fingerprint density at radius 1 is 1.36 bits per heavy atom. The van der Waals surface area contributed by atoms with E-state index in [1.54, 1.807) is 19.1 Å². The van der Waals surface area contributed by atoms with Gasteiger partial charge in [0.05, 0.1) is 6.42 Å². The summed E-state index contributed by atoms with van der Waals surface area (Å²) in [5.41, 5.74) is 6.56. The van der Waals surface area contributed by atoms with Gasteiger partial charge in [0.2, 0.25) is 11.6 Å². The van der Waals surface area contributed by atoms with E-state index in [4.69, 9.17) is 5.73 Å². The number of aliphatic carboxylic acids is 1. The van der Waals surface area contributed by atoms with E-state index in [-0.39, 0.29) is 23.8 Å². The number of rotatable bonds is 8. The Kier molecular flexibility index (Phi) is 6.93. The van der Waals surface area contributed by atoms with E-state index < -0.39 is 23.3 Å². The smallest absolute Gasteiger partial charge is 0.352 e. The molecule has 0 unspecified atom stereocenters. The van der Waals surface area contributed by atoms with Gasteiger partial charge < -0.3 is 21.4 Å². The first kappa shape index (κ1) is 23.5. The van der Waals surface area contributed by atoms with Crippen molar-refractivity contribution < 1.29 is 24.3 Å². The van der Waals surface area contributed by atoms with Gasteiger partial charge in [-0.05, 0) is 23.8 Å². The molecular formula is C20H21N5O5S3. The molecule has 2 atom stereocenters. The lowest BCUT2D eigenvalue weighted by atomic mass is 10.0. The Morgan fingerprint density at radius 2 is 2.12 bits per heavy atom. The van der Waals surface area contributed by atoms with Crippen molar-refractivity contribution in [3.63, 3.8) is 0 Å². The van der Waals surface area contributed by atoms with Crippen LogP contribution in [0.5, 0.6) is 0 Å². The second-order valence-electron chi connectivity index (χ2n) is 7.44. The van der Waals surface area contributed by atoms with E-state index in [0.717, 1.165) is 9.75 Å². The molecule has 2 amide bonds. The van der Waals surface area contributed by atoms with Gasteiger partial charge in [-0.1, -0.05) is 16.6 Å². The highest BCUT2D eigenvalue weighted by atomic mass is 32.2. The molecule has 174 valence electrons. The molecule has 4 rings (SSSR count). The number of nitrogens with two attached hydrogens (primary N) is 1. The Labute approximate surface area is 201 Å². The van der Waals surface area contributed by atoms with E-state index in [9.17, 15) is 24.7 Å². The number of hydrogen-bond donors (Lipinski definition) is 3. The third-order valence-corrected chi connectivity index (χ3v) is 8.63. The van der Waals surface area contributed by atoms with Crippen LogP contribution in [-0.4, -0.2) is 55.8 Å². The van der Waals surface area contributed by atoms with Crippen LogP contribution < -0.4 is 15.9 Å². The molecule has 0 aliphatic carbocycles. The molecule has 4 heterocycles. The highest BCUT2D eigenvalue weighted by molar-refractivity contribution is 8.01. The van der Waals surface area contributed by atoms with Crippen LogP contribution in [0.15, 0.2) is 40.6 Å². The number of β-lactam (4-membered cyclic amide) rings is 1. The van der Waals surface area contributed by atoms with E-state index >= 15 is 0 Å². The number of fused-ring (bicyclic) bond motifs is 1. The number of thiophene rings is 1. The van der Waals surface area contributed by atoms with Crippen LogP contribution in [0.1, 0.15) is 15.4 Å². The summed E-state index contributed by atoms with van der Waals surface area (Å²) in [5.74, 6) is -1.26. The summed E-state index contributed by atoms with van der Waals surface area (Å²) in [6.45, 7) is 2.04. The molecule has 2 aromatic heterocycles. The molecule has 2 aliphatic heterocycles. The second kappa shape index (κ2) is 9.71. The predicted octanol–water partition coefficient (Wildman–Crippen LogP) is 0.617. The number of hydrogen-bond acceptors (Lipinski definition) is 9. The number of aryl methyl sites for hydroxylation is 1. The van der Waals surface area contributed by atoms with E-state index in [0.29, 0.717) is 33.4 Å². The summed E-state index contributed by atoms with van der Waals surface area (Å²) in [6, 6.07) is 6.27. The summed E-state index contributed by atoms with van der Waals surface area (Å²) in [5, 5.41) is 28.1. The molecular weight excluding hydrogens is 486 g/mol. The van der Waals surface area contributed by atoms with Crippen LogP contribution >= 0.6 is 34.9 Å². The van der Waals surface area contributed by atoms with Crippen LogP contribution in [0, 0.1) is 12.1 Å². The molecule has 33 heavy (non-hydrogen) atoms. The van der Waals surface area contributed by atoms with Crippen molar-refractivity contribution in [2.45, 2.75) is 36.3 Å². The monoisotopic (exact) mass is 507 g/mol. The topological polar surface area (TPSA) is 153 Å². The lowest BCUT2D eigenvalue weighted by molar-refractivity contribution is -0.679. The van der Waals surface area contributed by atoms with Gasteiger partial charge in [-0.3, -0.25) is 14.5 Å². The summed E-state index contributed by atoms with van der Waals surface area (Å²) in [4.78, 5) is 40.8. The minimum absolute atomic E-state index is 0.0605. The van der Waals surface area contributed by atoms with Crippen LogP contribution in [0.25, 0.3) is 0 Å². The molecule has 4 N–H and O–H groups in total. The van der Waals surface area contributed by atoms with Gasteiger partial charge >= 0.3 is 5.97 Å². The number of aromatic nitrogens is 2. The summed E-state index contributed by atoms with van der Waals surface area (Å²) in [6.07, 6.45) is 0.138. The quantitative estimate of drug-likeness (QED) is 0.202. The van der Waals surface area contributed by atoms with Crippen molar-refractivity contribution >= 4 is 52.6 Å². The summed E-state index contributed by atoms with van der Waals surface area (Å²) < 4.78 is 0. The number of nitrogens with one attached hydrogen (secondary N) is 1. The molecule has 2 aliphatic rings. The highest BCUT2D eigenvalue weighted by Crippen LogP contribution is 2.41. The van der Waals surface area contributed by atoms with Crippen molar-refractivity contribution in [2.24, 2.45) is 5.73 Å². The lowest BCUT2D eigenvalue weighted by Crippen LogP contribution is -2.70. The van der Waals surface area contributed by atoms with Crippen LogP contribution in [0.2, 0.25) is 0 Å². The minimum atomic E-state index is -1.20.